The average Bonchev–Trinajstić information content (AvgIpc) is 3.37. The van der Waals surface area contributed by atoms with Crippen molar-refractivity contribution in [2.75, 3.05) is 20.3 Å². The lowest BCUT2D eigenvalue weighted by Crippen LogP contribution is -2.53. The molecule has 9 nitrogen and oxygen atoms in total. The Morgan fingerprint density at radius 1 is 1.03 bits per heavy atom. The van der Waals surface area contributed by atoms with Crippen molar-refractivity contribution in [1.82, 2.24) is 9.88 Å². The van der Waals surface area contributed by atoms with Crippen molar-refractivity contribution >= 4 is 11.9 Å². The van der Waals surface area contributed by atoms with Gasteiger partial charge in [-0.3, -0.25) is 4.90 Å². The number of benzene rings is 1. The zero-order chi connectivity index (χ0) is 29.2. The summed E-state index contributed by atoms with van der Waals surface area (Å²) in [5, 5.41) is 14.2. The second kappa shape index (κ2) is 14.0. The summed E-state index contributed by atoms with van der Waals surface area (Å²) in [6, 6.07) is 14.5. The number of halogens is 6. The molecule has 39 heavy (non-hydrogen) atoms. The minimum absolute atomic E-state index is 0.0731. The molecule has 0 bridgehead atoms. The maximum absolute atomic E-state index is 10.6. The fourth-order valence-electron chi connectivity index (χ4n) is 3.87. The number of piperidine rings is 1. The number of carbonyl (C=O) groups is 2. The molecule has 1 aromatic carbocycles. The first kappa shape index (κ1) is 31.6. The molecule has 2 saturated heterocycles. The molecule has 0 aliphatic carbocycles. The number of hydrogen-bond acceptors (Lipinski definition) is 7. The summed E-state index contributed by atoms with van der Waals surface area (Å²) in [4.78, 5) is 24.6. The van der Waals surface area contributed by atoms with Gasteiger partial charge >= 0.3 is 24.3 Å². The number of aromatic nitrogens is 1. The lowest BCUT2D eigenvalue weighted by Gasteiger charge is -2.41. The van der Waals surface area contributed by atoms with Gasteiger partial charge in [-0.1, -0.05) is 18.2 Å². The van der Waals surface area contributed by atoms with Gasteiger partial charge in [-0.05, 0) is 36.6 Å². The smallest absolute Gasteiger partial charge is 0.490 e. The summed E-state index contributed by atoms with van der Waals surface area (Å²) < 4.78 is 81.0. The second-order valence-corrected chi connectivity index (χ2v) is 8.23. The molecular formula is C24H26F6N2O7. The van der Waals surface area contributed by atoms with E-state index in [0.29, 0.717) is 11.9 Å². The van der Waals surface area contributed by atoms with E-state index in [1.165, 1.54) is 5.56 Å². The highest BCUT2D eigenvalue weighted by atomic mass is 19.4. The van der Waals surface area contributed by atoms with Crippen LogP contribution >= 0.6 is 0 Å². The summed E-state index contributed by atoms with van der Waals surface area (Å²) in [5.41, 5.74) is 1.27. The van der Waals surface area contributed by atoms with Crippen LogP contribution in [0.4, 0.5) is 26.3 Å². The average molecular weight is 568 g/mol. The van der Waals surface area contributed by atoms with Gasteiger partial charge < -0.3 is 24.4 Å². The molecular weight excluding hydrogens is 542 g/mol. The predicted molar refractivity (Wildman–Crippen MR) is 122 cm³/mol. The molecule has 3 atom stereocenters. The van der Waals surface area contributed by atoms with E-state index in [0.717, 1.165) is 38.3 Å². The van der Waals surface area contributed by atoms with E-state index in [-0.39, 0.29) is 12.2 Å². The molecule has 3 heterocycles. The third-order valence-electron chi connectivity index (χ3n) is 5.55. The van der Waals surface area contributed by atoms with E-state index in [2.05, 4.69) is 22.0 Å². The molecule has 0 unspecified atom stereocenters. The van der Waals surface area contributed by atoms with E-state index >= 15 is 0 Å². The van der Waals surface area contributed by atoms with Crippen LogP contribution in [0.1, 0.15) is 18.4 Å². The van der Waals surface area contributed by atoms with Crippen LogP contribution < -0.4 is 9.47 Å². The van der Waals surface area contributed by atoms with Crippen molar-refractivity contribution in [1.29, 1.82) is 0 Å². The highest BCUT2D eigenvalue weighted by Crippen LogP contribution is 2.32. The molecule has 0 radical (unpaired) electrons. The minimum Gasteiger partial charge on any atom is -0.497 e. The number of fused-ring (bicyclic) bond motifs is 1. The molecule has 0 saturated carbocycles. The van der Waals surface area contributed by atoms with Gasteiger partial charge in [-0.2, -0.15) is 26.3 Å². The van der Waals surface area contributed by atoms with Crippen LogP contribution in [0.5, 0.6) is 11.6 Å². The molecule has 2 aliphatic heterocycles. The van der Waals surface area contributed by atoms with Gasteiger partial charge in [0.1, 0.15) is 18.0 Å². The van der Waals surface area contributed by atoms with E-state index in [1.54, 1.807) is 13.3 Å². The quantitative estimate of drug-likeness (QED) is 0.513. The molecule has 2 aromatic rings. The summed E-state index contributed by atoms with van der Waals surface area (Å²) in [6.45, 7) is 2.71. The highest BCUT2D eigenvalue weighted by molar-refractivity contribution is 5.73. The van der Waals surface area contributed by atoms with Gasteiger partial charge in [0.2, 0.25) is 5.88 Å². The number of hydrogen-bond donors (Lipinski definition) is 2. The number of aliphatic carboxylic acids is 2. The first-order valence-corrected chi connectivity index (χ1v) is 11.4. The van der Waals surface area contributed by atoms with Crippen molar-refractivity contribution in [3.8, 4) is 11.6 Å². The lowest BCUT2D eigenvalue weighted by molar-refractivity contribution is -0.193. The van der Waals surface area contributed by atoms with Crippen LogP contribution in [0.15, 0.2) is 48.7 Å². The van der Waals surface area contributed by atoms with Crippen LogP contribution in [0.2, 0.25) is 0 Å². The Hall–Kier alpha value is -3.59. The topological polar surface area (TPSA) is 118 Å². The maximum atomic E-state index is 10.6. The van der Waals surface area contributed by atoms with Gasteiger partial charge in [-0.15, -0.1) is 0 Å². The first-order valence-electron chi connectivity index (χ1n) is 11.4. The number of nitrogens with zero attached hydrogens (tertiary/aromatic N) is 2. The molecule has 2 N–H and O–H groups in total. The van der Waals surface area contributed by atoms with E-state index in [1.807, 2.05) is 30.3 Å². The number of alkyl halides is 6. The largest absolute Gasteiger partial charge is 0.497 e. The third-order valence-corrected chi connectivity index (χ3v) is 5.55. The van der Waals surface area contributed by atoms with Crippen molar-refractivity contribution in [3.63, 3.8) is 0 Å². The number of methoxy groups -OCH3 is 1. The van der Waals surface area contributed by atoms with Crippen LogP contribution in [0, 0.1) is 0 Å². The number of carboxylic acids is 2. The first-order chi connectivity index (χ1) is 18.2. The predicted octanol–water partition coefficient (Wildman–Crippen LogP) is 4.17. The lowest BCUT2D eigenvalue weighted by atomic mass is 9.95. The third kappa shape index (κ3) is 10.2. The SMILES string of the molecule is COc1cccc(CN2CC[C@@H](Oc3ccccn3)[C@H]3OCC[C@@H]32)c1.O=C(O)C(F)(F)F.O=C(O)C(F)(F)F. The Bertz CT molecular complexity index is 1040. The molecule has 2 aliphatic rings. The van der Waals surface area contributed by atoms with Gasteiger partial charge in [0.15, 0.2) is 0 Å². The van der Waals surface area contributed by atoms with E-state index in [9.17, 15) is 26.3 Å². The van der Waals surface area contributed by atoms with Crippen molar-refractivity contribution in [2.45, 2.75) is 50.0 Å². The van der Waals surface area contributed by atoms with Gasteiger partial charge in [-0.25, -0.2) is 14.6 Å². The number of rotatable bonds is 5. The second-order valence-electron chi connectivity index (χ2n) is 8.23. The normalized spacial score (nSPS) is 20.8. The van der Waals surface area contributed by atoms with Crippen LogP contribution in [0.25, 0.3) is 0 Å². The zero-order valence-corrected chi connectivity index (χ0v) is 20.5. The molecule has 0 spiro atoms. The molecule has 15 heteroatoms. The minimum atomic E-state index is -5.08. The Balaban J connectivity index is 0.000000317. The number of pyridine rings is 1. The monoisotopic (exact) mass is 568 g/mol. The van der Waals surface area contributed by atoms with E-state index < -0.39 is 24.3 Å². The number of carboxylic acid groups (broad SMARTS) is 2. The maximum Gasteiger partial charge on any atom is 0.490 e. The molecule has 1 aromatic heterocycles. The standard InChI is InChI=1S/C20H24N2O3.2C2HF3O2/c1-23-16-6-4-5-15(13-16)14-22-11-8-18(20-17(22)9-12-24-20)25-19-7-2-3-10-21-19;2*3-2(4,5)1(6)7/h2-7,10,13,17-18,20H,8-9,11-12,14H2,1H3;2*(H,6,7)/t17-,18+,20-;;/m0../s1. The Labute approximate surface area is 218 Å². The number of ether oxygens (including phenoxy) is 3. The van der Waals surface area contributed by atoms with Crippen LogP contribution in [-0.2, 0) is 20.9 Å². The Morgan fingerprint density at radius 2 is 1.67 bits per heavy atom. The summed E-state index contributed by atoms with van der Waals surface area (Å²) in [5.74, 6) is -3.92. The van der Waals surface area contributed by atoms with E-state index in [4.69, 9.17) is 34.0 Å². The summed E-state index contributed by atoms with van der Waals surface area (Å²) in [6.07, 6.45) is -6.22. The summed E-state index contributed by atoms with van der Waals surface area (Å²) in [7, 11) is 1.71. The Morgan fingerprint density at radius 3 is 2.21 bits per heavy atom. The Kier molecular flexibility index (Phi) is 11.3. The fourth-order valence-corrected chi connectivity index (χ4v) is 3.87. The fraction of sp³-hybridized carbons (Fsp3) is 0.458. The van der Waals surface area contributed by atoms with Crippen molar-refractivity contribution in [2.24, 2.45) is 0 Å². The molecule has 216 valence electrons. The van der Waals surface area contributed by atoms with Crippen LogP contribution in [0.3, 0.4) is 0 Å². The summed E-state index contributed by atoms with van der Waals surface area (Å²) >= 11 is 0. The van der Waals surface area contributed by atoms with Crippen molar-refractivity contribution < 1.29 is 60.4 Å². The van der Waals surface area contributed by atoms with Crippen LogP contribution in [-0.4, -0.2) is 82.9 Å². The highest BCUT2D eigenvalue weighted by Gasteiger charge is 2.43. The van der Waals surface area contributed by atoms with Gasteiger partial charge in [0.25, 0.3) is 0 Å². The zero-order valence-electron chi connectivity index (χ0n) is 20.5. The molecule has 4 rings (SSSR count). The van der Waals surface area contributed by atoms with Crippen molar-refractivity contribution in [3.05, 3.63) is 54.2 Å². The van der Waals surface area contributed by atoms with Gasteiger partial charge in [0, 0.05) is 38.0 Å². The number of likely N-dealkylation sites (tertiary alicyclic amines) is 1. The molecule has 2 fully saturated rings. The van der Waals surface area contributed by atoms with Gasteiger partial charge in [0.05, 0.1) is 7.11 Å². The molecule has 0 amide bonds.